The number of hydrogen-bond donors (Lipinski definition) is 1. The molecule has 0 rings (SSSR count). The van der Waals surface area contributed by atoms with Gasteiger partial charge in [-0.25, -0.2) is 9.78 Å². The van der Waals surface area contributed by atoms with Gasteiger partial charge in [0.25, 0.3) is 0 Å². The Balaban J connectivity index is 0. The zero-order chi connectivity index (χ0) is 17.1. The molecule has 0 aliphatic heterocycles. The number of carboxylic acids is 1. The second kappa shape index (κ2) is 11.0. The Bertz CT molecular complexity index is 247. The van der Waals surface area contributed by atoms with E-state index in [0.717, 1.165) is 6.42 Å². The fourth-order valence-corrected chi connectivity index (χ4v) is 1.32. The van der Waals surface area contributed by atoms with Gasteiger partial charge >= 0.3 is 5.97 Å². The minimum atomic E-state index is -0.673. The van der Waals surface area contributed by atoms with Gasteiger partial charge in [-0.05, 0) is 53.9 Å². The lowest BCUT2D eigenvalue weighted by molar-refractivity contribution is -0.393. The maximum absolute atomic E-state index is 10.2. The summed E-state index contributed by atoms with van der Waals surface area (Å²) in [5.74, 6) is -0.0978. The van der Waals surface area contributed by atoms with E-state index in [1.54, 1.807) is 0 Å². The van der Waals surface area contributed by atoms with E-state index in [1.807, 2.05) is 41.5 Å². The van der Waals surface area contributed by atoms with Crippen molar-refractivity contribution in [1.82, 2.24) is 0 Å². The molecule has 21 heavy (non-hydrogen) atoms. The van der Waals surface area contributed by atoms with Crippen molar-refractivity contribution in [3.05, 3.63) is 0 Å². The molecule has 0 aliphatic carbocycles. The zero-order valence-electron chi connectivity index (χ0n) is 15.3. The second-order valence-electron chi connectivity index (χ2n) is 7.57. The summed E-state index contributed by atoms with van der Waals surface area (Å²) in [4.78, 5) is 20.4. The normalized spacial score (nSPS) is 13.3. The molecule has 0 saturated heterocycles. The summed E-state index contributed by atoms with van der Waals surface area (Å²) in [7, 11) is 0. The van der Waals surface area contributed by atoms with Crippen LogP contribution in [0.25, 0.3) is 0 Å². The third kappa shape index (κ3) is 24.8. The molecule has 0 aromatic rings. The Kier molecular flexibility index (Phi) is 11.9. The predicted molar refractivity (Wildman–Crippen MR) is 87.2 cm³/mol. The molecule has 0 saturated carbocycles. The largest absolute Gasteiger partial charge is 0.481 e. The molecular weight excluding hydrogens is 268 g/mol. The van der Waals surface area contributed by atoms with Gasteiger partial charge < -0.3 is 5.11 Å². The Hall–Kier alpha value is -0.610. The molecule has 1 atom stereocenters. The van der Waals surface area contributed by atoms with Gasteiger partial charge in [-0.1, -0.05) is 33.1 Å². The molecule has 128 valence electrons. The van der Waals surface area contributed by atoms with E-state index in [9.17, 15) is 4.79 Å². The van der Waals surface area contributed by atoms with Gasteiger partial charge in [0.05, 0.1) is 11.2 Å². The highest BCUT2D eigenvalue weighted by Gasteiger charge is 2.18. The molecule has 0 aliphatic rings. The third-order valence-corrected chi connectivity index (χ3v) is 2.44. The smallest absolute Gasteiger partial charge is 0.303 e. The van der Waals surface area contributed by atoms with Crippen LogP contribution < -0.4 is 0 Å². The van der Waals surface area contributed by atoms with Crippen molar-refractivity contribution in [1.29, 1.82) is 0 Å². The lowest BCUT2D eigenvalue weighted by atomic mass is 9.99. The minimum Gasteiger partial charge on any atom is -0.481 e. The van der Waals surface area contributed by atoms with E-state index in [-0.39, 0.29) is 11.2 Å². The minimum absolute atomic E-state index is 0.215. The Labute approximate surface area is 131 Å². The van der Waals surface area contributed by atoms with Gasteiger partial charge in [0, 0.05) is 6.42 Å². The monoisotopic (exact) mass is 304 g/mol. The Morgan fingerprint density at radius 2 is 1.43 bits per heavy atom. The van der Waals surface area contributed by atoms with Crippen LogP contribution in [-0.4, -0.2) is 22.3 Å². The molecule has 1 unspecified atom stereocenters. The molecule has 0 radical (unpaired) electrons. The highest BCUT2D eigenvalue weighted by atomic mass is 17.2. The van der Waals surface area contributed by atoms with Crippen LogP contribution in [0, 0.1) is 5.92 Å². The van der Waals surface area contributed by atoms with Crippen molar-refractivity contribution >= 4 is 5.97 Å². The van der Waals surface area contributed by atoms with E-state index in [4.69, 9.17) is 14.9 Å². The highest BCUT2D eigenvalue weighted by Crippen LogP contribution is 2.14. The van der Waals surface area contributed by atoms with Crippen LogP contribution in [0.1, 0.15) is 87.5 Å². The summed E-state index contributed by atoms with van der Waals surface area (Å²) in [6.07, 6.45) is 4.75. The standard InChI is InChI=1S/C9H18O2.C8H18O2/c1-3-4-5-8(2)6-7-9(10)11;1-7(2,3)9-10-8(4,5)6/h8H,3-7H2,1-2H3,(H,10,11);1-6H3. The second-order valence-corrected chi connectivity index (χ2v) is 7.57. The molecule has 0 fully saturated rings. The van der Waals surface area contributed by atoms with Crippen molar-refractivity contribution in [3.8, 4) is 0 Å². The maximum atomic E-state index is 10.2. The SMILES string of the molecule is CC(C)(C)OOC(C)(C)C.CCCCC(C)CCC(=O)O. The molecule has 4 nitrogen and oxygen atoms in total. The summed E-state index contributed by atoms with van der Waals surface area (Å²) in [6.45, 7) is 16.0. The summed E-state index contributed by atoms with van der Waals surface area (Å²) >= 11 is 0. The maximum Gasteiger partial charge on any atom is 0.303 e. The molecule has 4 heteroatoms. The van der Waals surface area contributed by atoms with Crippen molar-refractivity contribution in [3.63, 3.8) is 0 Å². The van der Waals surface area contributed by atoms with Crippen LogP contribution in [0.2, 0.25) is 0 Å². The first-order valence-electron chi connectivity index (χ1n) is 7.96. The van der Waals surface area contributed by atoms with Crippen molar-refractivity contribution in [2.45, 2.75) is 98.7 Å². The molecule has 0 bridgehead atoms. The fourth-order valence-electron chi connectivity index (χ4n) is 1.32. The lowest BCUT2D eigenvalue weighted by Gasteiger charge is -2.24. The van der Waals surface area contributed by atoms with Gasteiger partial charge in [0.15, 0.2) is 0 Å². The quantitative estimate of drug-likeness (QED) is 0.518. The Morgan fingerprint density at radius 3 is 1.71 bits per heavy atom. The van der Waals surface area contributed by atoms with Crippen molar-refractivity contribution in [2.75, 3.05) is 0 Å². The highest BCUT2D eigenvalue weighted by molar-refractivity contribution is 5.66. The molecule has 0 amide bonds. The van der Waals surface area contributed by atoms with Crippen LogP contribution in [0.4, 0.5) is 0 Å². The van der Waals surface area contributed by atoms with E-state index in [2.05, 4.69) is 13.8 Å². The number of unbranched alkanes of at least 4 members (excludes halogenated alkanes) is 1. The predicted octanol–water partition coefficient (Wildman–Crippen LogP) is 5.21. The Morgan fingerprint density at radius 1 is 1.00 bits per heavy atom. The molecule has 0 aromatic carbocycles. The lowest BCUT2D eigenvalue weighted by Crippen LogP contribution is -2.27. The molecule has 1 N–H and O–H groups in total. The van der Waals surface area contributed by atoms with E-state index < -0.39 is 5.97 Å². The van der Waals surface area contributed by atoms with Crippen LogP contribution in [0.15, 0.2) is 0 Å². The van der Waals surface area contributed by atoms with E-state index in [0.29, 0.717) is 12.3 Å². The van der Waals surface area contributed by atoms with Gasteiger partial charge in [-0.15, -0.1) is 0 Å². The van der Waals surface area contributed by atoms with E-state index >= 15 is 0 Å². The molecule has 0 heterocycles. The first-order chi connectivity index (χ1) is 9.37. The number of rotatable bonds is 7. The molecule has 0 spiro atoms. The summed E-state index contributed by atoms with van der Waals surface area (Å²) in [5.41, 5.74) is -0.430. The third-order valence-electron chi connectivity index (χ3n) is 2.44. The van der Waals surface area contributed by atoms with Gasteiger partial charge in [0.2, 0.25) is 0 Å². The molecular formula is C17H36O4. The van der Waals surface area contributed by atoms with Gasteiger partial charge in [-0.3, -0.25) is 4.79 Å². The summed E-state index contributed by atoms with van der Waals surface area (Å²) in [5, 5.41) is 8.39. The van der Waals surface area contributed by atoms with Crippen LogP contribution in [0.5, 0.6) is 0 Å². The van der Waals surface area contributed by atoms with Crippen molar-refractivity contribution < 1.29 is 19.7 Å². The van der Waals surface area contributed by atoms with Crippen molar-refractivity contribution in [2.24, 2.45) is 5.92 Å². The number of aliphatic carboxylic acids is 1. The number of carbonyl (C=O) groups is 1. The molecule has 0 aromatic heterocycles. The number of carboxylic acid groups (broad SMARTS) is 1. The summed E-state index contributed by atoms with van der Waals surface area (Å²) in [6, 6.07) is 0. The average Bonchev–Trinajstić information content (AvgIpc) is 2.30. The number of hydrogen-bond acceptors (Lipinski definition) is 3. The van der Waals surface area contributed by atoms with Gasteiger partial charge in [0.1, 0.15) is 0 Å². The first kappa shape index (κ1) is 22.7. The summed E-state index contributed by atoms with van der Waals surface area (Å²) < 4.78 is 0. The fraction of sp³-hybridized carbons (Fsp3) is 0.941. The van der Waals surface area contributed by atoms with E-state index in [1.165, 1.54) is 19.3 Å². The topological polar surface area (TPSA) is 55.8 Å². The van der Waals surface area contributed by atoms with Crippen LogP contribution >= 0.6 is 0 Å². The van der Waals surface area contributed by atoms with Crippen LogP contribution in [-0.2, 0) is 14.6 Å². The van der Waals surface area contributed by atoms with Gasteiger partial charge in [-0.2, -0.15) is 0 Å². The first-order valence-corrected chi connectivity index (χ1v) is 7.96. The average molecular weight is 304 g/mol. The van der Waals surface area contributed by atoms with Crippen LogP contribution in [0.3, 0.4) is 0 Å². The zero-order valence-corrected chi connectivity index (χ0v) is 15.3.